The average molecular weight is 212 g/mol. The second-order valence-corrected chi connectivity index (χ2v) is 2.76. The molecule has 3 N–H and O–H groups in total. The van der Waals surface area contributed by atoms with Gasteiger partial charge < -0.3 is 10.8 Å². The van der Waals surface area contributed by atoms with Gasteiger partial charge in [-0.2, -0.15) is 0 Å². The maximum Gasteiger partial charge on any atom is 0.311 e. The van der Waals surface area contributed by atoms with Crippen LogP contribution in [0, 0.1) is 15.9 Å². The summed E-state index contributed by atoms with van der Waals surface area (Å²) in [5.74, 6) is -1.43. The molecule has 0 unspecified atom stereocenters. The predicted molar refractivity (Wildman–Crippen MR) is 52.8 cm³/mol. The van der Waals surface area contributed by atoms with Crippen molar-refractivity contribution >= 4 is 11.8 Å². The molecule has 0 spiro atoms. The van der Waals surface area contributed by atoms with Gasteiger partial charge in [-0.3, -0.25) is 10.1 Å². The third-order valence-electron chi connectivity index (χ3n) is 1.72. The van der Waals surface area contributed by atoms with Gasteiger partial charge in [-0.15, -0.1) is 0 Å². The van der Waals surface area contributed by atoms with Crippen LogP contribution in [-0.2, 0) is 0 Å². The standard InChI is InChI=1S/C9H9FN2O3/c10-7-5-9(13)8(12(14)15)4-6(7)2-1-3-11/h1-2,4-5,13H,3,11H2. The summed E-state index contributed by atoms with van der Waals surface area (Å²) in [6.45, 7) is 0.202. The number of nitro benzene ring substituents is 1. The number of hydrogen-bond acceptors (Lipinski definition) is 4. The lowest BCUT2D eigenvalue weighted by molar-refractivity contribution is -0.385. The molecule has 1 rings (SSSR count). The highest BCUT2D eigenvalue weighted by molar-refractivity contribution is 5.59. The average Bonchev–Trinajstić information content (AvgIpc) is 2.16. The van der Waals surface area contributed by atoms with Crippen molar-refractivity contribution in [3.63, 3.8) is 0 Å². The van der Waals surface area contributed by atoms with Crippen LogP contribution in [0.2, 0.25) is 0 Å². The fourth-order valence-corrected chi connectivity index (χ4v) is 1.04. The van der Waals surface area contributed by atoms with Crippen LogP contribution in [0.1, 0.15) is 5.56 Å². The molecule has 0 aliphatic carbocycles. The molecule has 80 valence electrons. The third-order valence-corrected chi connectivity index (χ3v) is 1.72. The summed E-state index contributed by atoms with van der Waals surface area (Å²) in [4.78, 5) is 9.65. The van der Waals surface area contributed by atoms with Crippen LogP contribution in [0.4, 0.5) is 10.1 Å². The Kier molecular flexibility index (Phi) is 3.35. The fraction of sp³-hybridized carbons (Fsp3) is 0.111. The van der Waals surface area contributed by atoms with Crippen molar-refractivity contribution in [2.75, 3.05) is 6.54 Å². The second-order valence-electron chi connectivity index (χ2n) is 2.76. The minimum atomic E-state index is -0.783. The van der Waals surface area contributed by atoms with Crippen LogP contribution in [0.25, 0.3) is 6.08 Å². The highest BCUT2D eigenvalue weighted by Gasteiger charge is 2.16. The number of phenolic OH excluding ortho intramolecular Hbond substituents is 1. The first-order valence-corrected chi connectivity index (χ1v) is 4.09. The molecular formula is C9H9FN2O3. The van der Waals surface area contributed by atoms with E-state index in [0.29, 0.717) is 6.07 Å². The Morgan fingerprint density at radius 2 is 2.27 bits per heavy atom. The number of rotatable bonds is 3. The van der Waals surface area contributed by atoms with E-state index in [1.54, 1.807) is 0 Å². The Hall–Kier alpha value is -1.95. The Morgan fingerprint density at radius 3 is 2.80 bits per heavy atom. The van der Waals surface area contributed by atoms with Crippen LogP contribution in [0.15, 0.2) is 18.2 Å². The number of phenols is 1. The Morgan fingerprint density at radius 1 is 1.60 bits per heavy atom. The van der Waals surface area contributed by atoms with Gasteiger partial charge in [0.2, 0.25) is 0 Å². The van der Waals surface area contributed by atoms with Gasteiger partial charge in [0, 0.05) is 24.2 Å². The zero-order chi connectivity index (χ0) is 11.4. The summed E-state index contributed by atoms with van der Waals surface area (Å²) in [5, 5.41) is 19.5. The van der Waals surface area contributed by atoms with Gasteiger partial charge in [-0.1, -0.05) is 12.2 Å². The summed E-state index contributed by atoms with van der Waals surface area (Å²) in [6.07, 6.45) is 2.78. The van der Waals surface area contributed by atoms with Gasteiger partial charge >= 0.3 is 5.69 Å². The first-order valence-electron chi connectivity index (χ1n) is 4.09. The van der Waals surface area contributed by atoms with Gasteiger partial charge in [0.15, 0.2) is 5.75 Å². The highest BCUT2D eigenvalue weighted by atomic mass is 19.1. The van der Waals surface area contributed by atoms with E-state index >= 15 is 0 Å². The van der Waals surface area contributed by atoms with E-state index in [2.05, 4.69) is 0 Å². The van der Waals surface area contributed by atoms with Crippen LogP contribution in [0.3, 0.4) is 0 Å². The number of nitrogens with zero attached hydrogens (tertiary/aromatic N) is 1. The van der Waals surface area contributed by atoms with E-state index in [-0.39, 0.29) is 12.1 Å². The van der Waals surface area contributed by atoms with Gasteiger partial charge in [0.1, 0.15) is 5.82 Å². The molecular weight excluding hydrogens is 203 g/mol. The minimum Gasteiger partial charge on any atom is -0.502 e. The molecule has 0 radical (unpaired) electrons. The van der Waals surface area contributed by atoms with Crippen LogP contribution < -0.4 is 5.73 Å². The van der Waals surface area contributed by atoms with Gasteiger partial charge in [-0.05, 0) is 0 Å². The lowest BCUT2D eigenvalue weighted by Crippen LogP contribution is -1.94. The summed E-state index contributed by atoms with van der Waals surface area (Å²) < 4.78 is 13.1. The van der Waals surface area contributed by atoms with Gasteiger partial charge in [0.25, 0.3) is 0 Å². The molecule has 0 fully saturated rings. The molecule has 5 nitrogen and oxygen atoms in total. The van der Waals surface area contributed by atoms with Crippen molar-refractivity contribution in [2.24, 2.45) is 5.73 Å². The third kappa shape index (κ3) is 2.50. The van der Waals surface area contributed by atoms with E-state index in [1.165, 1.54) is 12.2 Å². The van der Waals surface area contributed by atoms with E-state index < -0.39 is 22.2 Å². The Labute approximate surface area is 84.8 Å². The van der Waals surface area contributed by atoms with Crippen molar-refractivity contribution in [3.05, 3.63) is 39.7 Å². The number of nitrogens with two attached hydrogens (primary N) is 1. The Bertz CT molecular complexity index is 418. The Balaban J connectivity index is 3.23. The number of aromatic hydroxyl groups is 1. The van der Waals surface area contributed by atoms with Crippen LogP contribution >= 0.6 is 0 Å². The lowest BCUT2D eigenvalue weighted by Gasteiger charge is -1.99. The molecule has 0 aliphatic rings. The first-order chi connectivity index (χ1) is 7.06. The van der Waals surface area contributed by atoms with Crippen LogP contribution in [0.5, 0.6) is 5.75 Å². The summed E-state index contributed by atoms with van der Waals surface area (Å²) in [6, 6.07) is 1.66. The zero-order valence-corrected chi connectivity index (χ0v) is 7.68. The molecule has 0 heterocycles. The molecule has 0 bridgehead atoms. The van der Waals surface area contributed by atoms with Crippen molar-refractivity contribution in [3.8, 4) is 5.75 Å². The van der Waals surface area contributed by atoms with Crippen molar-refractivity contribution in [2.45, 2.75) is 0 Å². The molecule has 15 heavy (non-hydrogen) atoms. The molecule has 0 atom stereocenters. The summed E-state index contributed by atoms with van der Waals surface area (Å²) in [5.41, 5.74) is 4.65. The van der Waals surface area contributed by atoms with E-state index in [0.717, 1.165) is 6.07 Å². The highest BCUT2D eigenvalue weighted by Crippen LogP contribution is 2.29. The van der Waals surface area contributed by atoms with E-state index in [9.17, 15) is 14.5 Å². The first kappa shape index (κ1) is 11.1. The number of halogens is 1. The second kappa shape index (κ2) is 4.52. The normalized spacial score (nSPS) is 10.8. The lowest BCUT2D eigenvalue weighted by atomic mass is 10.1. The van der Waals surface area contributed by atoms with Crippen molar-refractivity contribution < 1.29 is 14.4 Å². The molecule has 1 aromatic carbocycles. The van der Waals surface area contributed by atoms with E-state index in [1.807, 2.05) is 0 Å². The summed E-state index contributed by atoms with van der Waals surface area (Å²) in [7, 11) is 0. The maximum absolute atomic E-state index is 13.1. The van der Waals surface area contributed by atoms with Crippen molar-refractivity contribution in [1.82, 2.24) is 0 Å². The number of benzene rings is 1. The largest absolute Gasteiger partial charge is 0.502 e. The predicted octanol–water partition coefficient (Wildman–Crippen LogP) is 1.41. The molecule has 0 aliphatic heterocycles. The molecule has 1 aromatic rings. The monoisotopic (exact) mass is 212 g/mol. The molecule has 0 saturated heterocycles. The number of hydrogen-bond donors (Lipinski definition) is 2. The zero-order valence-electron chi connectivity index (χ0n) is 7.68. The summed E-state index contributed by atoms with van der Waals surface area (Å²) >= 11 is 0. The minimum absolute atomic E-state index is 0.0185. The molecule has 6 heteroatoms. The van der Waals surface area contributed by atoms with Crippen molar-refractivity contribution in [1.29, 1.82) is 0 Å². The molecule has 0 saturated carbocycles. The quantitative estimate of drug-likeness (QED) is 0.585. The topological polar surface area (TPSA) is 89.4 Å². The van der Waals surface area contributed by atoms with Crippen LogP contribution in [-0.4, -0.2) is 16.6 Å². The SMILES string of the molecule is NCC=Cc1cc([N+](=O)[O-])c(O)cc1F. The van der Waals surface area contributed by atoms with Gasteiger partial charge in [-0.25, -0.2) is 4.39 Å². The smallest absolute Gasteiger partial charge is 0.311 e. The fourth-order valence-electron chi connectivity index (χ4n) is 1.04. The maximum atomic E-state index is 13.1. The van der Waals surface area contributed by atoms with Gasteiger partial charge in [0.05, 0.1) is 4.92 Å². The number of nitro groups is 1. The molecule has 0 amide bonds. The van der Waals surface area contributed by atoms with E-state index in [4.69, 9.17) is 10.8 Å². The molecule has 0 aromatic heterocycles.